The van der Waals surface area contributed by atoms with E-state index in [1.165, 1.54) is 32.2 Å². The highest BCUT2D eigenvalue weighted by Gasteiger charge is 2.26. The Balaban J connectivity index is 2.31. The number of nitrogens with one attached hydrogen (secondary N) is 1. The van der Waals surface area contributed by atoms with Crippen LogP contribution in [-0.4, -0.2) is 37.1 Å². The fourth-order valence-corrected chi connectivity index (χ4v) is 2.40. The molecule has 2 atom stereocenters. The molecule has 2 nitrogen and oxygen atoms in total. The molecule has 2 heteroatoms. The Kier molecular flexibility index (Phi) is 4.74. The lowest BCUT2D eigenvalue weighted by Gasteiger charge is -2.30. The van der Waals surface area contributed by atoms with Gasteiger partial charge in [-0.2, -0.15) is 0 Å². The van der Waals surface area contributed by atoms with Crippen molar-refractivity contribution < 1.29 is 0 Å². The van der Waals surface area contributed by atoms with Crippen LogP contribution in [0.1, 0.15) is 39.5 Å². The maximum Gasteiger partial charge on any atom is 0.00959 e. The third kappa shape index (κ3) is 2.96. The van der Waals surface area contributed by atoms with E-state index in [2.05, 4.69) is 24.1 Å². The predicted octanol–water partition coefficient (Wildman–Crippen LogP) is 1.86. The van der Waals surface area contributed by atoms with Crippen LogP contribution in [0.2, 0.25) is 0 Å². The highest BCUT2D eigenvalue weighted by Crippen LogP contribution is 2.23. The maximum atomic E-state index is 3.23. The highest BCUT2D eigenvalue weighted by molar-refractivity contribution is 4.82. The number of nitrogens with zero attached hydrogens (tertiary/aromatic N) is 1. The zero-order valence-corrected chi connectivity index (χ0v) is 9.34. The molecule has 13 heavy (non-hydrogen) atoms. The Hall–Kier alpha value is -0.0800. The van der Waals surface area contributed by atoms with Gasteiger partial charge in [-0.15, -0.1) is 0 Å². The van der Waals surface area contributed by atoms with E-state index >= 15 is 0 Å². The van der Waals surface area contributed by atoms with Gasteiger partial charge in [-0.05, 0) is 52.7 Å². The molecule has 1 rings (SSSR count). The number of hydrogen-bond donors (Lipinski definition) is 1. The second-order valence-corrected chi connectivity index (χ2v) is 4.18. The molecule has 0 radical (unpaired) electrons. The Morgan fingerprint density at radius 2 is 2.31 bits per heavy atom. The van der Waals surface area contributed by atoms with E-state index in [9.17, 15) is 0 Å². The third-order valence-electron chi connectivity index (χ3n) is 3.27. The van der Waals surface area contributed by atoms with E-state index in [1.807, 2.05) is 7.05 Å². The molecule has 1 N–H and O–H groups in total. The van der Waals surface area contributed by atoms with Gasteiger partial charge in [-0.25, -0.2) is 0 Å². The van der Waals surface area contributed by atoms with Crippen molar-refractivity contribution in [2.45, 2.75) is 51.6 Å². The molecule has 0 aromatic heterocycles. The van der Waals surface area contributed by atoms with Crippen molar-refractivity contribution in [2.24, 2.45) is 0 Å². The second kappa shape index (κ2) is 5.61. The van der Waals surface area contributed by atoms with Gasteiger partial charge in [0, 0.05) is 12.1 Å². The standard InChI is InChI=1S/C11H24N2/c1-4-11-6-5-9-13(11)10(2)7-8-12-3/h10-12H,4-9H2,1-3H3. The molecular weight excluding hydrogens is 160 g/mol. The zero-order chi connectivity index (χ0) is 9.68. The van der Waals surface area contributed by atoms with Crippen molar-refractivity contribution in [3.8, 4) is 0 Å². The Morgan fingerprint density at radius 3 is 2.92 bits per heavy atom. The van der Waals surface area contributed by atoms with E-state index in [4.69, 9.17) is 0 Å². The Bertz CT molecular complexity index is 136. The summed E-state index contributed by atoms with van der Waals surface area (Å²) < 4.78 is 0. The summed E-state index contributed by atoms with van der Waals surface area (Å²) in [5.74, 6) is 0. The molecule has 0 aromatic carbocycles. The largest absolute Gasteiger partial charge is 0.320 e. The predicted molar refractivity (Wildman–Crippen MR) is 58.0 cm³/mol. The maximum absolute atomic E-state index is 3.23. The van der Waals surface area contributed by atoms with E-state index in [-0.39, 0.29) is 0 Å². The third-order valence-corrected chi connectivity index (χ3v) is 3.27. The fourth-order valence-electron chi connectivity index (χ4n) is 2.40. The molecule has 1 fully saturated rings. The molecule has 0 saturated carbocycles. The summed E-state index contributed by atoms with van der Waals surface area (Å²) in [5, 5.41) is 3.23. The van der Waals surface area contributed by atoms with Crippen LogP contribution in [0.4, 0.5) is 0 Å². The summed E-state index contributed by atoms with van der Waals surface area (Å²) >= 11 is 0. The molecule has 0 amide bonds. The summed E-state index contributed by atoms with van der Waals surface area (Å²) in [5.41, 5.74) is 0. The molecule has 1 aliphatic rings. The molecule has 0 aliphatic carbocycles. The van der Waals surface area contributed by atoms with Gasteiger partial charge in [-0.1, -0.05) is 6.92 Å². The minimum Gasteiger partial charge on any atom is -0.320 e. The summed E-state index contributed by atoms with van der Waals surface area (Å²) in [6.07, 6.45) is 5.43. The lowest BCUT2D eigenvalue weighted by molar-refractivity contribution is 0.179. The van der Waals surface area contributed by atoms with Crippen LogP contribution in [0.5, 0.6) is 0 Å². The first kappa shape index (κ1) is 11.0. The molecule has 2 unspecified atom stereocenters. The van der Waals surface area contributed by atoms with Crippen LogP contribution in [0.15, 0.2) is 0 Å². The molecule has 78 valence electrons. The van der Waals surface area contributed by atoms with Crippen LogP contribution < -0.4 is 5.32 Å². The molecule has 0 aromatic rings. The van der Waals surface area contributed by atoms with E-state index in [1.54, 1.807) is 0 Å². The number of rotatable bonds is 5. The van der Waals surface area contributed by atoms with Crippen LogP contribution in [-0.2, 0) is 0 Å². The van der Waals surface area contributed by atoms with Crippen molar-refractivity contribution in [3.05, 3.63) is 0 Å². The number of hydrogen-bond acceptors (Lipinski definition) is 2. The number of likely N-dealkylation sites (tertiary alicyclic amines) is 1. The molecule has 1 saturated heterocycles. The highest BCUT2D eigenvalue weighted by atomic mass is 15.2. The first-order valence-corrected chi connectivity index (χ1v) is 5.70. The normalized spacial score (nSPS) is 26.5. The van der Waals surface area contributed by atoms with E-state index < -0.39 is 0 Å². The average molecular weight is 184 g/mol. The minimum absolute atomic E-state index is 0.764. The van der Waals surface area contributed by atoms with Crippen LogP contribution in [0.3, 0.4) is 0 Å². The van der Waals surface area contributed by atoms with Gasteiger partial charge in [-0.3, -0.25) is 4.90 Å². The summed E-state index contributed by atoms with van der Waals surface area (Å²) in [7, 11) is 2.04. The Labute approximate surface area is 82.7 Å². The molecule has 1 heterocycles. The van der Waals surface area contributed by atoms with Gasteiger partial charge in [0.1, 0.15) is 0 Å². The fraction of sp³-hybridized carbons (Fsp3) is 1.00. The van der Waals surface area contributed by atoms with E-state index in [0.717, 1.165) is 18.6 Å². The topological polar surface area (TPSA) is 15.3 Å². The van der Waals surface area contributed by atoms with E-state index in [0.29, 0.717) is 0 Å². The van der Waals surface area contributed by atoms with Crippen molar-refractivity contribution in [1.82, 2.24) is 10.2 Å². The molecule has 0 spiro atoms. The van der Waals surface area contributed by atoms with Crippen molar-refractivity contribution in [2.75, 3.05) is 20.1 Å². The summed E-state index contributed by atoms with van der Waals surface area (Å²) in [4.78, 5) is 2.69. The van der Waals surface area contributed by atoms with Crippen molar-refractivity contribution in [1.29, 1.82) is 0 Å². The Morgan fingerprint density at radius 1 is 1.54 bits per heavy atom. The summed E-state index contributed by atoms with van der Waals surface area (Å²) in [6, 6.07) is 1.63. The van der Waals surface area contributed by atoms with Gasteiger partial charge in [0.05, 0.1) is 0 Å². The smallest absolute Gasteiger partial charge is 0.00959 e. The second-order valence-electron chi connectivity index (χ2n) is 4.18. The van der Waals surface area contributed by atoms with Crippen molar-refractivity contribution in [3.63, 3.8) is 0 Å². The lowest BCUT2D eigenvalue weighted by atomic mass is 10.1. The SMILES string of the molecule is CCC1CCCN1C(C)CCNC. The van der Waals surface area contributed by atoms with Gasteiger partial charge in [0.15, 0.2) is 0 Å². The van der Waals surface area contributed by atoms with Gasteiger partial charge < -0.3 is 5.32 Å². The quantitative estimate of drug-likeness (QED) is 0.701. The lowest BCUT2D eigenvalue weighted by Crippen LogP contribution is -2.38. The van der Waals surface area contributed by atoms with Gasteiger partial charge in [0.25, 0.3) is 0 Å². The average Bonchev–Trinajstić information content (AvgIpc) is 2.61. The minimum atomic E-state index is 0.764. The molecule has 1 aliphatic heterocycles. The van der Waals surface area contributed by atoms with Gasteiger partial charge in [0.2, 0.25) is 0 Å². The summed E-state index contributed by atoms with van der Waals surface area (Å²) in [6.45, 7) is 7.15. The van der Waals surface area contributed by atoms with Crippen LogP contribution >= 0.6 is 0 Å². The first-order valence-electron chi connectivity index (χ1n) is 5.70. The van der Waals surface area contributed by atoms with Crippen LogP contribution in [0.25, 0.3) is 0 Å². The van der Waals surface area contributed by atoms with Crippen molar-refractivity contribution >= 4 is 0 Å². The zero-order valence-electron chi connectivity index (χ0n) is 9.34. The molecule has 0 bridgehead atoms. The van der Waals surface area contributed by atoms with Crippen LogP contribution in [0, 0.1) is 0 Å². The first-order chi connectivity index (χ1) is 6.29. The van der Waals surface area contributed by atoms with Gasteiger partial charge >= 0.3 is 0 Å². The molecular formula is C11H24N2. The monoisotopic (exact) mass is 184 g/mol.